The van der Waals surface area contributed by atoms with Gasteiger partial charge in [-0.15, -0.1) is 0 Å². The van der Waals surface area contributed by atoms with E-state index in [9.17, 15) is 15.0 Å². The fraction of sp³-hybridized carbons (Fsp3) is 0.816. The normalized spacial score (nSPS) is 13.5. The lowest BCUT2D eigenvalue weighted by atomic mass is 10.0. The van der Waals surface area contributed by atoms with Crippen LogP contribution in [-0.4, -0.2) is 34.9 Å². The minimum Gasteiger partial charge on any atom is -0.394 e. The van der Waals surface area contributed by atoms with Crippen LogP contribution >= 0.6 is 0 Å². The third kappa shape index (κ3) is 30.1. The highest BCUT2D eigenvalue weighted by Crippen LogP contribution is 2.13. The molecule has 2 atom stereocenters. The van der Waals surface area contributed by atoms with Gasteiger partial charge in [-0.3, -0.25) is 4.79 Å². The minimum atomic E-state index is -0.842. The third-order valence-electron chi connectivity index (χ3n) is 8.12. The van der Waals surface area contributed by atoms with Crippen molar-refractivity contribution in [3.8, 4) is 0 Å². The standard InChI is InChI=1S/C38H71NO3/c1-3-5-7-9-11-13-15-17-19-21-23-25-27-29-31-33-37(41)36(35-40)39-38(42)34-32-30-28-26-24-22-20-18-16-14-12-10-8-6-4-2/h12,14,18,20,31,33,36-37,40-41H,3-11,13,15-17,19,21-30,32,34-35H2,1-2H3,(H,39,42)/b14-12-,20-18-,33-31+. The number of aliphatic hydroxyl groups excluding tert-OH is 2. The molecule has 0 aliphatic heterocycles. The number of aliphatic hydroxyl groups is 2. The molecule has 1 amide bonds. The maximum absolute atomic E-state index is 12.3. The molecule has 42 heavy (non-hydrogen) atoms. The quantitative estimate of drug-likeness (QED) is 0.0540. The Kier molecular flexibility index (Phi) is 33.0. The van der Waals surface area contributed by atoms with Crippen molar-refractivity contribution in [3.05, 3.63) is 36.5 Å². The second kappa shape index (κ2) is 34.1. The molecule has 0 saturated heterocycles. The highest BCUT2D eigenvalue weighted by atomic mass is 16.3. The van der Waals surface area contributed by atoms with Crippen molar-refractivity contribution >= 4 is 5.91 Å². The summed E-state index contributed by atoms with van der Waals surface area (Å²) in [5.41, 5.74) is 0. The smallest absolute Gasteiger partial charge is 0.220 e. The van der Waals surface area contributed by atoms with E-state index in [1.165, 1.54) is 116 Å². The number of hydrogen-bond donors (Lipinski definition) is 3. The topological polar surface area (TPSA) is 69.6 Å². The molecule has 4 nitrogen and oxygen atoms in total. The fourth-order valence-electron chi connectivity index (χ4n) is 5.26. The molecule has 0 saturated carbocycles. The first-order valence-electron chi connectivity index (χ1n) is 18.2. The molecule has 0 aromatic carbocycles. The highest BCUT2D eigenvalue weighted by molar-refractivity contribution is 5.76. The van der Waals surface area contributed by atoms with Crippen LogP contribution in [0.5, 0.6) is 0 Å². The van der Waals surface area contributed by atoms with Gasteiger partial charge in [0.25, 0.3) is 0 Å². The Morgan fingerprint density at radius 1 is 0.571 bits per heavy atom. The van der Waals surface area contributed by atoms with Gasteiger partial charge in [0, 0.05) is 6.42 Å². The molecule has 0 bridgehead atoms. The summed E-state index contributed by atoms with van der Waals surface area (Å²) in [6.07, 6.45) is 43.6. The van der Waals surface area contributed by atoms with Crippen LogP contribution in [-0.2, 0) is 4.79 Å². The fourth-order valence-corrected chi connectivity index (χ4v) is 5.26. The van der Waals surface area contributed by atoms with Crippen molar-refractivity contribution in [1.82, 2.24) is 5.32 Å². The number of carbonyl (C=O) groups is 1. The number of rotatable bonds is 32. The van der Waals surface area contributed by atoms with Gasteiger partial charge < -0.3 is 15.5 Å². The number of nitrogens with one attached hydrogen (secondary N) is 1. The monoisotopic (exact) mass is 590 g/mol. The summed E-state index contributed by atoms with van der Waals surface area (Å²) in [7, 11) is 0. The van der Waals surface area contributed by atoms with Gasteiger partial charge in [0.1, 0.15) is 0 Å². The van der Waals surface area contributed by atoms with E-state index in [0.717, 1.165) is 44.9 Å². The van der Waals surface area contributed by atoms with E-state index in [2.05, 4.69) is 43.5 Å². The van der Waals surface area contributed by atoms with E-state index in [1.807, 2.05) is 6.08 Å². The number of allylic oxidation sites excluding steroid dienone is 5. The van der Waals surface area contributed by atoms with Crippen LogP contribution < -0.4 is 5.32 Å². The molecule has 3 N–H and O–H groups in total. The molecule has 0 spiro atoms. The Labute approximate surface area is 261 Å². The SMILES string of the molecule is CCCCC/C=C\C/C=C\CCCCCCCC(=O)NC(CO)C(O)/C=C/CCCCCCCCCCCCCCC. The maximum atomic E-state index is 12.3. The second-order valence-electron chi connectivity index (χ2n) is 12.3. The summed E-state index contributed by atoms with van der Waals surface area (Å²) in [4.78, 5) is 12.3. The van der Waals surface area contributed by atoms with Gasteiger partial charge in [-0.05, 0) is 51.4 Å². The van der Waals surface area contributed by atoms with Crippen LogP contribution in [0, 0.1) is 0 Å². The van der Waals surface area contributed by atoms with E-state index in [-0.39, 0.29) is 12.5 Å². The summed E-state index contributed by atoms with van der Waals surface area (Å²) >= 11 is 0. The highest BCUT2D eigenvalue weighted by Gasteiger charge is 2.17. The summed E-state index contributed by atoms with van der Waals surface area (Å²) < 4.78 is 0. The Morgan fingerprint density at radius 2 is 0.976 bits per heavy atom. The van der Waals surface area contributed by atoms with Gasteiger partial charge in [-0.1, -0.05) is 159 Å². The van der Waals surface area contributed by atoms with E-state index < -0.39 is 12.1 Å². The predicted octanol–water partition coefficient (Wildman–Crippen LogP) is 10.7. The van der Waals surface area contributed by atoms with Gasteiger partial charge in [0.2, 0.25) is 5.91 Å². The van der Waals surface area contributed by atoms with Crippen LogP contribution in [0.25, 0.3) is 0 Å². The van der Waals surface area contributed by atoms with Crippen molar-refractivity contribution in [2.45, 2.75) is 193 Å². The first-order chi connectivity index (χ1) is 20.7. The van der Waals surface area contributed by atoms with Gasteiger partial charge in [0.15, 0.2) is 0 Å². The lowest BCUT2D eigenvalue weighted by Crippen LogP contribution is -2.45. The molecule has 0 aliphatic rings. The zero-order chi connectivity index (χ0) is 30.8. The number of carbonyl (C=O) groups excluding carboxylic acids is 1. The molecule has 2 unspecified atom stereocenters. The van der Waals surface area contributed by atoms with Gasteiger partial charge in [-0.25, -0.2) is 0 Å². The molecule has 0 rings (SSSR count). The molecule has 0 fully saturated rings. The third-order valence-corrected chi connectivity index (χ3v) is 8.12. The van der Waals surface area contributed by atoms with E-state index >= 15 is 0 Å². The Balaban J connectivity index is 3.67. The van der Waals surface area contributed by atoms with Crippen molar-refractivity contribution in [1.29, 1.82) is 0 Å². The summed E-state index contributed by atoms with van der Waals surface area (Å²) in [6, 6.07) is -0.627. The van der Waals surface area contributed by atoms with E-state index in [4.69, 9.17) is 0 Å². The first-order valence-corrected chi connectivity index (χ1v) is 18.2. The second-order valence-corrected chi connectivity index (χ2v) is 12.3. The van der Waals surface area contributed by atoms with Gasteiger partial charge >= 0.3 is 0 Å². The molecule has 0 aromatic heterocycles. The van der Waals surface area contributed by atoms with Crippen molar-refractivity contribution in [3.63, 3.8) is 0 Å². The van der Waals surface area contributed by atoms with Gasteiger partial charge in [-0.2, -0.15) is 0 Å². The van der Waals surface area contributed by atoms with Crippen LogP contribution in [0.1, 0.15) is 181 Å². The molecule has 0 aliphatic carbocycles. The lowest BCUT2D eigenvalue weighted by Gasteiger charge is -2.20. The average molecular weight is 590 g/mol. The van der Waals surface area contributed by atoms with E-state index in [1.54, 1.807) is 6.08 Å². The number of unbranched alkanes of at least 4 members (excludes halogenated alkanes) is 21. The lowest BCUT2D eigenvalue weighted by molar-refractivity contribution is -0.123. The van der Waals surface area contributed by atoms with Crippen LogP contribution in [0.4, 0.5) is 0 Å². The Bertz CT molecular complexity index is 642. The zero-order valence-corrected chi connectivity index (χ0v) is 28.0. The average Bonchev–Trinajstić information content (AvgIpc) is 2.99. The Morgan fingerprint density at radius 3 is 1.48 bits per heavy atom. The molecule has 0 heterocycles. The number of hydrogen-bond acceptors (Lipinski definition) is 3. The zero-order valence-electron chi connectivity index (χ0n) is 28.0. The summed E-state index contributed by atoms with van der Waals surface area (Å²) in [6.45, 7) is 4.26. The molecule has 4 heteroatoms. The summed E-state index contributed by atoms with van der Waals surface area (Å²) in [5.74, 6) is -0.0799. The Hall–Kier alpha value is -1.39. The first kappa shape index (κ1) is 40.6. The van der Waals surface area contributed by atoms with Crippen LogP contribution in [0.3, 0.4) is 0 Å². The van der Waals surface area contributed by atoms with Gasteiger partial charge in [0.05, 0.1) is 18.8 Å². The van der Waals surface area contributed by atoms with Crippen LogP contribution in [0.15, 0.2) is 36.5 Å². The molecular formula is C38H71NO3. The summed E-state index contributed by atoms with van der Waals surface area (Å²) in [5, 5.41) is 22.9. The van der Waals surface area contributed by atoms with Crippen LogP contribution in [0.2, 0.25) is 0 Å². The molecule has 0 radical (unpaired) electrons. The molecule has 246 valence electrons. The van der Waals surface area contributed by atoms with E-state index in [0.29, 0.717) is 6.42 Å². The maximum Gasteiger partial charge on any atom is 0.220 e. The van der Waals surface area contributed by atoms with Crippen molar-refractivity contribution in [2.75, 3.05) is 6.61 Å². The predicted molar refractivity (Wildman–Crippen MR) is 184 cm³/mol. The minimum absolute atomic E-state index is 0.0799. The van der Waals surface area contributed by atoms with Crippen molar-refractivity contribution in [2.24, 2.45) is 0 Å². The molecule has 0 aromatic rings. The largest absolute Gasteiger partial charge is 0.394 e. The van der Waals surface area contributed by atoms with Crippen molar-refractivity contribution < 1.29 is 15.0 Å². The number of amides is 1. The molecular weight excluding hydrogens is 518 g/mol.